The first-order valence-electron chi connectivity index (χ1n) is 2.98. The summed E-state index contributed by atoms with van der Waals surface area (Å²) >= 11 is 0. The van der Waals surface area contributed by atoms with Gasteiger partial charge in [-0.15, -0.1) is 0 Å². The van der Waals surface area contributed by atoms with E-state index in [2.05, 4.69) is 4.74 Å². The second-order valence-electron chi connectivity index (χ2n) is 2.38. The standard InChI is InChI=1S/C4H3F7O3S/c1-2(5,6)14-3(7,8)4(9,10)15(11,12)13/h1H3. The lowest BCUT2D eigenvalue weighted by atomic mass is 10.6. The molecule has 0 aromatic carbocycles. The molecule has 0 amide bonds. The number of halogens is 7. The zero-order valence-electron chi connectivity index (χ0n) is 6.78. The van der Waals surface area contributed by atoms with Gasteiger partial charge in [0.1, 0.15) is 0 Å². The third-order valence-electron chi connectivity index (χ3n) is 0.952. The maximum Gasteiger partial charge on any atom is 0.464 e. The van der Waals surface area contributed by atoms with Gasteiger partial charge in [0.05, 0.1) is 0 Å². The van der Waals surface area contributed by atoms with Gasteiger partial charge in [0.2, 0.25) is 0 Å². The minimum atomic E-state index is -7.07. The van der Waals surface area contributed by atoms with Crippen molar-refractivity contribution < 1.29 is 43.4 Å². The predicted molar refractivity (Wildman–Crippen MR) is 31.6 cm³/mol. The van der Waals surface area contributed by atoms with E-state index in [1.165, 1.54) is 0 Å². The molecule has 0 aromatic rings. The van der Waals surface area contributed by atoms with Gasteiger partial charge in [0.25, 0.3) is 0 Å². The topological polar surface area (TPSA) is 43.4 Å². The summed E-state index contributed by atoms with van der Waals surface area (Å²) in [6, 6.07) is 0. The van der Waals surface area contributed by atoms with Gasteiger partial charge in [-0.05, 0) is 0 Å². The van der Waals surface area contributed by atoms with Crippen molar-refractivity contribution in [3.05, 3.63) is 0 Å². The van der Waals surface area contributed by atoms with Crippen molar-refractivity contribution in [2.24, 2.45) is 0 Å². The van der Waals surface area contributed by atoms with Crippen LogP contribution in [-0.4, -0.2) is 25.9 Å². The predicted octanol–water partition coefficient (Wildman–Crippen LogP) is 2.10. The Morgan fingerprint density at radius 2 is 1.33 bits per heavy atom. The van der Waals surface area contributed by atoms with E-state index in [4.69, 9.17) is 0 Å². The highest BCUT2D eigenvalue weighted by Gasteiger charge is 2.70. The minimum Gasteiger partial charge on any atom is -0.250 e. The van der Waals surface area contributed by atoms with Gasteiger partial charge in [-0.1, -0.05) is 3.89 Å². The Hall–Kier alpha value is -0.580. The molecular weight excluding hydrogens is 261 g/mol. The lowest BCUT2D eigenvalue weighted by Gasteiger charge is -2.25. The summed E-state index contributed by atoms with van der Waals surface area (Å²) < 4.78 is 105. The molecule has 0 radical (unpaired) electrons. The second-order valence-corrected chi connectivity index (χ2v) is 3.77. The molecule has 0 aliphatic rings. The van der Waals surface area contributed by atoms with Gasteiger partial charge in [-0.2, -0.15) is 34.8 Å². The molecule has 0 aliphatic heterocycles. The summed E-state index contributed by atoms with van der Waals surface area (Å²) in [7, 11) is -7.07. The van der Waals surface area contributed by atoms with E-state index in [1.54, 1.807) is 0 Å². The molecule has 0 N–H and O–H groups in total. The summed E-state index contributed by atoms with van der Waals surface area (Å²) in [4.78, 5) is 0. The van der Waals surface area contributed by atoms with E-state index >= 15 is 0 Å². The van der Waals surface area contributed by atoms with Crippen LogP contribution < -0.4 is 0 Å². The zero-order valence-corrected chi connectivity index (χ0v) is 7.60. The van der Waals surface area contributed by atoms with Crippen molar-refractivity contribution in [3.8, 4) is 0 Å². The first-order chi connectivity index (χ1) is 6.21. The van der Waals surface area contributed by atoms with Crippen LogP contribution in [0.15, 0.2) is 0 Å². The summed E-state index contributed by atoms with van der Waals surface area (Å²) in [6.45, 7) is -0.345. The Bertz CT molecular complexity index is 329. The van der Waals surface area contributed by atoms with E-state index in [0.29, 0.717) is 0 Å². The van der Waals surface area contributed by atoms with Crippen LogP contribution in [0.5, 0.6) is 0 Å². The summed E-state index contributed by atoms with van der Waals surface area (Å²) in [5, 5.41) is -6.39. The van der Waals surface area contributed by atoms with Gasteiger partial charge in [-0.3, -0.25) is 0 Å². The summed E-state index contributed by atoms with van der Waals surface area (Å²) in [5.41, 5.74) is 0. The van der Waals surface area contributed by atoms with Crippen LogP contribution >= 0.6 is 0 Å². The minimum absolute atomic E-state index is 0.345. The highest BCUT2D eigenvalue weighted by atomic mass is 32.3. The summed E-state index contributed by atoms with van der Waals surface area (Å²) in [5.74, 6) is 0. The van der Waals surface area contributed by atoms with Crippen molar-refractivity contribution in [2.75, 3.05) is 0 Å². The van der Waals surface area contributed by atoms with E-state index in [9.17, 15) is 38.6 Å². The lowest BCUT2D eigenvalue weighted by Crippen LogP contribution is -2.50. The number of hydrogen-bond acceptors (Lipinski definition) is 3. The van der Waals surface area contributed by atoms with Crippen LogP contribution in [-0.2, 0) is 15.0 Å². The molecule has 0 spiro atoms. The Morgan fingerprint density at radius 1 is 1.00 bits per heavy atom. The van der Waals surface area contributed by atoms with Crippen LogP contribution in [0.25, 0.3) is 0 Å². The van der Waals surface area contributed by atoms with Gasteiger partial charge in [0.15, 0.2) is 0 Å². The molecule has 0 fully saturated rings. The number of alkyl halides is 6. The van der Waals surface area contributed by atoms with Gasteiger partial charge in [0, 0.05) is 6.92 Å². The Balaban J connectivity index is 5.21. The molecule has 0 heterocycles. The first kappa shape index (κ1) is 14.4. The number of hydrogen-bond donors (Lipinski definition) is 0. The molecule has 0 unspecified atom stereocenters. The highest BCUT2D eigenvalue weighted by molar-refractivity contribution is 7.87. The van der Waals surface area contributed by atoms with E-state index < -0.39 is 27.7 Å². The fourth-order valence-electron chi connectivity index (χ4n) is 0.426. The Morgan fingerprint density at radius 3 is 1.53 bits per heavy atom. The number of ether oxygens (including phenoxy) is 1. The van der Waals surface area contributed by atoms with E-state index in [-0.39, 0.29) is 6.92 Å². The Kier molecular flexibility index (Phi) is 3.34. The SMILES string of the molecule is CC(F)(F)OC(F)(F)C(F)(F)S(=O)(=O)F. The molecule has 92 valence electrons. The third kappa shape index (κ3) is 3.19. The largest absolute Gasteiger partial charge is 0.464 e. The molecule has 0 saturated heterocycles. The average molecular weight is 264 g/mol. The molecule has 15 heavy (non-hydrogen) atoms. The Labute approximate surface area is 79.0 Å². The fraction of sp³-hybridized carbons (Fsp3) is 1.00. The molecule has 3 nitrogen and oxygen atoms in total. The second kappa shape index (κ2) is 3.47. The monoisotopic (exact) mass is 264 g/mol. The van der Waals surface area contributed by atoms with E-state index in [1.807, 2.05) is 0 Å². The summed E-state index contributed by atoms with van der Waals surface area (Å²) in [6.07, 6.45) is -10.9. The average Bonchev–Trinajstić information content (AvgIpc) is 1.77. The highest BCUT2D eigenvalue weighted by Crippen LogP contribution is 2.43. The maximum atomic E-state index is 12.1. The normalized spacial score (nSPS) is 15.5. The van der Waals surface area contributed by atoms with Gasteiger partial charge >= 0.3 is 27.7 Å². The molecule has 0 saturated carbocycles. The van der Waals surface area contributed by atoms with Crippen LogP contribution in [0.1, 0.15) is 6.92 Å². The quantitative estimate of drug-likeness (QED) is 0.577. The van der Waals surface area contributed by atoms with Crippen LogP contribution in [0.4, 0.5) is 30.2 Å². The molecule has 0 aliphatic carbocycles. The molecule has 0 bridgehead atoms. The van der Waals surface area contributed by atoms with Crippen LogP contribution in [0, 0.1) is 0 Å². The van der Waals surface area contributed by atoms with Gasteiger partial charge < -0.3 is 0 Å². The number of rotatable bonds is 4. The molecule has 0 aromatic heterocycles. The lowest BCUT2D eigenvalue weighted by molar-refractivity contribution is -0.408. The van der Waals surface area contributed by atoms with Crippen molar-refractivity contribution in [1.82, 2.24) is 0 Å². The van der Waals surface area contributed by atoms with Crippen molar-refractivity contribution in [1.29, 1.82) is 0 Å². The smallest absolute Gasteiger partial charge is 0.250 e. The van der Waals surface area contributed by atoms with Crippen LogP contribution in [0.3, 0.4) is 0 Å². The zero-order chi connectivity index (χ0) is 12.7. The maximum absolute atomic E-state index is 12.1. The molecule has 0 atom stereocenters. The fourth-order valence-corrected chi connectivity index (χ4v) is 0.752. The molecule has 11 heteroatoms. The molecule has 0 rings (SSSR count). The molecular formula is C4H3F7O3S. The van der Waals surface area contributed by atoms with Gasteiger partial charge in [-0.25, -0.2) is 4.74 Å². The van der Waals surface area contributed by atoms with Crippen molar-refractivity contribution >= 4 is 10.2 Å². The third-order valence-corrected chi connectivity index (χ3v) is 1.80. The van der Waals surface area contributed by atoms with E-state index in [0.717, 1.165) is 0 Å². The first-order valence-corrected chi connectivity index (χ1v) is 4.37. The van der Waals surface area contributed by atoms with Crippen LogP contribution in [0.2, 0.25) is 0 Å². The van der Waals surface area contributed by atoms with Crippen molar-refractivity contribution in [2.45, 2.75) is 24.4 Å². The van der Waals surface area contributed by atoms with Crippen molar-refractivity contribution in [3.63, 3.8) is 0 Å².